The van der Waals surface area contributed by atoms with Gasteiger partial charge in [0.1, 0.15) is 6.04 Å². The van der Waals surface area contributed by atoms with Crippen LogP contribution in [0.3, 0.4) is 0 Å². The van der Waals surface area contributed by atoms with Gasteiger partial charge in [0.15, 0.2) is 0 Å². The highest BCUT2D eigenvalue weighted by Crippen LogP contribution is 2.69. The van der Waals surface area contributed by atoms with E-state index in [9.17, 15) is 19.5 Å². The summed E-state index contributed by atoms with van der Waals surface area (Å²) < 4.78 is -0.678. The summed E-state index contributed by atoms with van der Waals surface area (Å²) in [6, 6.07) is 7.39. The molecule has 4 rings (SSSR count). The van der Waals surface area contributed by atoms with Crippen molar-refractivity contribution >= 4 is 40.9 Å². The molecule has 1 aromatic rings. The molecule has 3 unspecified atom stereocenters. The van der Waals surface area contributed by atoms with E-state index < -0.39 is 22.6 Å². The number of rotatable bonds is 17. The van der Waals surface area contributed by atoms with Crippen LogP contribution >= 0.6 is 11.8 Å². The molecule has 2 bridgehead atoms. The number of fused-ring (bicyclic) bond motifs is 1. The molecule has 44 heavy (non-hydrogen) atoms. The molecule has 1 aromatic carbocycles. The van der Waals surface area contributed by atoms with E-state index in [4.69, 9.17) is 0 Å². The molecular formula is C35H52N4O4S. The molecule has 3 amide bonds. The Hall–Kier alpha value is -2.78. The minimum Gasteiger partial charge on any atom is -0.396 e. The van der Waals surface area contributed by atoms with Gasteiger partial charge in [-0.2, -0.15) is 0 Å². The van der Waals surface area contributed by atoms with Crippen LogP contribution < -0.4 is 9.80 Å². The highest BCUT2D eigenvalue weighted by molar-refractivity contribution is 8.02. The van der Waals surface area contributed by atoms with Gasteiger partial charge in [0.05, 0.1) is 16.6 Å². The Morgan fingerprint density at radius 2 is 1.68 bits per heavy atom. The number of thioether (sulfide) groups is 1. The number of likely N-dealkylation sites (tertiary alicyclic amines) is 1. The molecular weight excluding hydrogens is 572 g/mol. The van der Waals surface area contributed by atoms with E-state index in [1.54, 1.807) is 33.7 Å². The van der Waals surface area contributed by atoms with Crippen LogP contribution in [0.15, 0.2) is 49.6 Å². The van der Waals surface area contributed by atoms with Crippen LogP contribution in [0.5, 0.6) is 0 Å². The third-order valence-electron chi connectivity index (χ3n) is 9.84. The molecule has 242 valence electrons. The lowest BCUT2D eigenvalue weighted by Crippen LogP contribution is -2.57. The zero-order valence-electron chi connectivity index (χ0n) is 27.1. The van der Waals surface area contributed by atoms with E-state index in [1.807, 2.05) is 17.0 Å². The summed E-state index contributed by atoms with van der Waals surface area (Å²) >= 11 is 1.72. The molecule has 3 heterocycles. The van der Waals surface area contributed by atoms with E-state index in [-0.39, 0.29) is 35.5 Å². The molecule has 6 atom stereocenters. The number of carbonyl (C=O) groups excluding carboxylic acids is 3. The first kappa shape index (κ1) is 34.1. The number of hydrogen-bond donors (Lipinski definition) is 1. The molecule has 1 N–H and O–H groups in total. The maximum Gasteiger partial charge on any atom is 0.251 e. The predicted octanol–water partition coefficient (Wildman–Crippen LogP) is 4.98. The number of aliphatic hydroxyl groups is 1. The average molecular weight is 625 g/mol. The van der Waals surface area contributed by atoms with E-state index in [1.165, 1.54) is 0 Å². The molecule has 3 fully saturated rings. The van der Waals surface area contributed by atoms with E-state index in [0.717, 1.165) is 43.7 Å². The summed E-state index contributed by atoms with van der Waals surface area (Å²) in [5.41, 5.74) is 1.87. The van der Waals surface area contributed by atoms with E-state index >= 15 is 0 Å². The highest BCUT2D eigenvalue weighted by Gasteiger charge is 2.76. The molecule has 0 saturated carbocycles. The fraction of sp³-hybridized carbons (Fsp3) is 0.629. The minimum absolute atomic E-state index is 0.00340. The molecule has 3 aliphatic rings. The predicted molar refractivity (Wildman–Crippen MR) is 181 cm³/mol. The number of unbranched alkanes of at least 4 members (excludes halogenated alkanes) is 2. The molecule has 8 nitrogen and oxygen atoms in total. The van der Waals surface area contributed by atoms with Gasteiger partial charge in [-0.25, -0.2) is 0 Å². The van der Waals surface area contributed by atoms with Gasteiger partial charge < -0.3 is 24.7 Å². The lowest BCUT2D eigenvalue weighted by molar-refractivity contribution is -0.144. The second kappa shape index (κ2) is 15.0. The van der Waals surface area contributed by atoms with Crippen LogP contribution in [0.4, 0.5) is 11.4 Å². The number of amides is 3. The molecule has 1 spiro atoms. The van der Waals surface area contributed by atoms with Crippen molar-refractivity contribution in [3.63, 3.8) is 0 Å². The lowest BCUT2D eigenvalue weighted by atomic mass is 9.65. The Labute approximate surface area is 268 Å². The van der Waals surface area contributed by atoms with Gasteiger partial charge >= 0.3 is 0 Å². The third kappa shape index (κ3) is 6.06. The molecule has 0 aromatic heterocycles. The quantitative estimate of drug-likeness (QED) is 0.195. The first-order valence-electron chi connectivity index (χ1n) is 16.5. The maximum atomic E-state index is 14.9. The van der Waals surface area contributed by atoms with Crippen molar-refractivity contribution in [3.05, 3.63) is 49.6 Å². The number of aliphatic hydroxyl groups excluding tert-OH is 1. The average Bonchev–Trinajstić information content (AvgIpc) is 3.62. The van der Waals surface area contributed by atoms with Crippen molar-refractivity contribution in [2.24, 2.45) is 17.8 Å². The largest absolute Gasteiger partial charge is 0.396 e. The van der Waals surface area contributed by atoms with Crippen molar-refractivity contribution in [1.82, 2.24) is 9.80 Å². The number of nitrogens with zero attached hydrogens (tertiary/aromatic N) is 4. The van der Waals surface area contributed by atoms with Crippen LogP contribution in [0.2, 0.25) is 0 Å². The van der Waals surface area contributed by atoms with Gasteiger partial charge in [-0.3, -0.25) is 14.4 Å². The van der Waals surface area contributed by atoms with Crippen LogP contribution in [-0.2, 0) is 14.4 Å². The Balaban J connectivity index is 1.75. The minimum atomic E-state index is -0.682. The molecule has 3 saturated heterocycles. The van der Waals surface area contributed by atoms with Gasteiger partial charge in [0.25, 0.3) is 5.91 Å². The topological polar surface area (TPSA) is 84.4 Å². The summed E-state index contributed by atoms with van der Waals surface area (Å²) in [7, 11) is 0. The third-order valence-corrected chi connectivity index (χ3v) is 11.9. The first-order chi connectivity index (χ1) is 21.2. The number of carbonyl (C=O) groups is 3. The normalized spacial score (nSPS) is 26.9. The Morgan fingerprint density at radius 1 is 1.02 bits per heavy atom. The first-order valence-corrected chi connectivity index (χ1v) is 17.4. The Bertz CT molecular complexity index is 1190. The van der Waals surface area contributed by atoms with Crippen LogP contribution in [-0.4, -0.2) is 94.5 Å². The van der Waals surface area contributed by atoms with Crippen LogP contribution in [0, 0.1) is 17.8 Å². The smallest absolute Gasteiger partial charge is 0.251 e. The van der Waals surface area contributed by atoms with Gasteiger partial charge in [-0.1, -0.05) is 26.0 Å². The van der Waals surface area contributed by atoms with Crippen LogP contribution in [0.1, 0.15) is 59.8 Å². The van der Waals surface area contributed by atoms with Crippen molar-refractivity contribution in [2.75, 3.05) is 55.7 Å². The number of hydrogen-bond acceptors (Lipinski definition) is 6. The summed E-state index contributed by atoms with van der Waals surface area (Å²) in [5, 5.41) is 9.38. The molecule has 3 aliphatic heterocycles. The van der Waals surface area contributed by atoms with Crippen molar-refractivity contribution < 1.29 is 19.5 Å². The monoisotopic (exact) mass is 624 g/mol. The summed E-state index contributed by atoms with van der Waals surface area (Å²) in [5.74, 6) is -1.06. The SMILES string of the molecule is C=CCN(CCC)C(=O)[C@@H]1[C@@H]2CC(C)C3(S2)C(C(=O)N(CC=C)c2ccc(N(CC)CC)cc2)N(CCCCCO)C(=O)[C@H]13. The second-order valence-electron chi connectivity index (χ2n) is 12.4. The summed E-state index contributed by atoms with van der Waals surface area (Å²) in [6.07, 6.45) is 7.23. The lowest BCUT2D eigenvalue weighted by Gasteiger charge is -2.41. The summed E-state index contributed by atoms with van der Waals surface area (Å²) in [6.45, 7) is 20.0. The molecule has 0 aliphatic carbocycles. The van der Waals surface area contributed by atoms with Crippen molar-refractivity contribution in [2.45, 2.75) is 75.8 Å². The highest BCUT2D eigenvalue weighted by atomic mass is 32.2. The Morgan fingerprint density at radius 3 is 2.27 bits per heavy atom. The standard InChI is InChI=1S/C35H52N4O4S/c1-7-19-37(20-8-2)32(41)29-28-24-25(6)35(44-28)30(29)33(42)39(22-13-12-14-23-40)31(35)34(43)38(21-9-3)27-17-15-26(16-18-27)36(10-4)11-5/h7,9,15-18,25,28-31,40H,1,3,8,10-14,19-24H2,2,4-6H3/t25?,28-,29+,30-,31?,35?/m0/s1. The van der Waals surface area contributed by atoms with Gasteiger partial charge in [-0.05, 0) is 76.1 Å². The maximum absolute atomic E-state index is 14.9. The number of anilines is 2. The zero-order valence-corrected chi connectivity index (χ0v) is 27.9. The summed E-state index contributed by atoms with van der Waals surface area (Å²) in [4.78, 5) is 51.2. The van der Waals surface area contributed by atoms with E-state index in [0.29, 0.717) is 39.0 Å². The van der Waals surface area contributed by atoms with Gasteiger partial charge in [0, 0.05) is 62.5 Å². The van der Waals surface area contributed by atoms with Crippen molar-refractivity contribution in [1.29, 1.82) is 0 Å². The molecule has 0 radical (unpaired) electrons. The van der Waals surface area contributed by atoms with Crippen LogP contribution in [0.25, 0.3) is 0 Å². The van der Waals surface area contributed by atoms with Gasteiger partial charge in [0.2, 0.25) is 11.8 Å². The molecule has 9 heteroatoms. The number of benzene rings is 1. The van der Waals surface area contributed by atoms with Crippen molar-refractivity contribution in [3.8, 4) is 0 Å². The van der Waals surface area contributed by atoms with E-state index in [2.05, 4.69) is 57.9 Å². The van der Waals surface area contributed by atoms with Gasteiger partial charge in [-0.15, -0.1) is 24.9 Å². The fourth-order valence-corrected chi connectivity index (χ4v) is 10.3. The fourth-order valence-electron chi connectivity index (χ4n) is 7.85. The Kier molecular flexibility index (Phi) is 11.6. The second-order valence-corrected chi connectivity index (χ2v) is 13.9. The zero-order chi connectivity index (χ0) is 32.0.